The first-order chi connectivity index (χ1) is 17.1. The van der Waals surface area contributed by atoms with Crippen LogP contribution in [0.2, 0.25) is 10.0 Å². The van der Waals surface area contributed by atoms with Crippen molar-refractivity contribution in [1.29, 1.82) is 0 Å². The first-order valence-electron chi connectivity index (χ1n) is 10.7. The van der Waals surface area contributed by atoms with Gasteiger partial charge in [0.15, 0.2) is 5.16 Å². The number of carbonyl (C=O) groups excluding carboxylic acids is 1. The number of anilines is 1. The van der Waals surface area contributed by atoms with Crippen molar-refractivity contribution in [3.8, 4) is 5.69 Å². The third-order valence-electron chi connectivity index (χ3n) is 5.68. The summed E-state index contributed by atoms with van der Waals surface area (Å²) in [5.74, 6) is -0.734. The highest BCUT2D eigenvalue weighted by Crippen LogP contribution is 2.37. The number of amides is 1. The van der Waals surface area contributed by atoms with E-state index in [1.54, 1.807) is 24.3 Å². The third-order valence-corrected chi connectivity index (χ3v) is 8.39. The number of nitrogens with one attached hydrogen (secondary N) is 1. The van der Waals surface area contributed by atoms with Crippen molar-refractivity contribution >= 4 is 68.1 Å². The molecule has 5 rings (SSSR count). The Morgan fingerprint density at radius 3 is 2.61 bits per heavy atom. The summed E-state index contributed by atoms with van der Waals surface area (Å²) in [6, 6.07) is 9.86. The summed E-state index contributed by atoms with van der Waals surface area (Å²) in [7, 11) is 0. The van der Waals surface area contributed by atoms with Crippen molar-refractivity contribution in [2.24, 2.45) is 0 Å². The SMILES string of the molecule is O=C(CSc1nc2sc3c(c2c(=O)n1-c1ccc(Cl)cc1)CCC3)Nc1ccc(Cl)c(C(F)(F)F)c1. The fraction of sp³-hybridized carbons (Fsp3) is 0.208. The van der Waals surface area contributed by atoms with Gasteiger partial charge in [-0.05, 0) is 67.3 Å². The molecule has 0 aliphatic heterocycles. The second-order valence-corrected chi connectivity index (χ2v) is 10.9. The van der Waals surface area contributed by atoms with Gasteiger partial charge in [0.05, 0.1) is 27.4 Å². The number of hydrogen-bond acceptors (Lipinski definition) is 5. The predicted molar refractivity (Wildman–Crippen MR) is 138 cm³/mol. The highest BCUT2D eigenvalue weighted by atomic mass is 35.5. The lowest BCUT2D eigenvalue weighted by molar-refractivity contribution is -0.137. The molecule has 1 aliphatic carbocycles. The fourth-order valence-electron chi connectivity index (χ4n) is 4.09. The van der Waals surface area contributed by atoms with E-state index in [2.05, 4.69) is 5.32 Å². The molecule has 0 radical (unpaired) electrons. The van der Waals surface area contributed by atoms with E-state index < -0.39 is 22.7 Å². The normalized spacial score (nSPS) is 13.2. The number of fused-ring (bicyclic) bond motifs is 3. The van der Waals surface area contributed by atoms with Crippen molar-refractivity contribution in [3.05, 3.63) is 78.9 Å². The van der Waals surface area contributed by atoms with E-state index in [0.29, 0.717) is 26.1 Å². The number of hydrogen-bond donors (Lipinski definition) is 1. The number of halogens is 5. The third kappa shape index (κ3) is 4.87. The van der Waals surface area contributed by atoms with Crippen LogP contribution >= 0.6 is 46.3 Å². The second kappa shape index (κ2) is 9.74. The maximum absolute atomic E-state index is 13.6. The highest BCUT2D eigenvalue weighted by Gasteiger charge is 2.33. The van der Waals surface area contributed by atoms with E-state index in [-0.39, 0.29) is 17.0 Å². The maximum atomic E-state index is 13.6. The lowest BCUT2D eigenvalue weighted by atomic mass is 10.2. The molecular formula is C24H16Cl2F3N3O2S2. The molecule has 1 N–H and O–H groups in total. The summed E-state index contributed by atoms with van der Waals surface area (Å²) in [6.45, 7) is 0. The molecule has 5 nitrogen and oxygen atoms in total. The molecule has 0 bridgehead atoms. The van der Waals surface area contributed by atoms with E-state index >= 15 is 0 Å². The van der Waals surface area contributed by atoms with Crippen molar-refractivity contribution in [2.75, 3.05) is 11.1 Å². The molecule has 12 heteroatoms. The van der Waals surface area contributed by atoms with Crippen LogP contribution in [0.5, 0.6) is 0 Å². The number of rotatable bonds is 5. The van der Waals surface area contributed by atoms with Crippen LogP contribution in [0.15, 0.2) is 52.4 Å². The predicted octanol–water partition coefficient (Wildman–Crippen LogP) is 6.99. The average Bonchev–Trinajstić information content (AvgIpc) is 3.40. The van der Waals surface area contributed by atoms with Crippen LogP contribution in [0, 0.1) is 0 Å². The van der Waals surface area contributed by atoms with Crippen molar-refractivity contribution in [1.82, 2.24) is 9.55 Å². The van der Waals surface area contributed by atoms with E-state index in [9.17, 15) is 22.8 Å². The van der Waals surface area contributed by atoms with E-state index in [4.69, 9.17) is 28.2 Å². The van der Waals surface area contributed by atoms with Gasteiger partial charge in [0.25, 0.3) is 5.56 Å². The van der Waals surface area contributed by atoms with Gasteiger partial charge < -0.3 is 5.32 Å². The first-order valence-corrected chi connectivity index (χ1v) is 13.3. The molecule has 2 heterocycles. The van der Waals surface area contributed by atoms with Gasteiger partial charge in [0, 0.05) is 15.6 Å². The quantitative estimate of drug-likeness (QED) is 0.208. The zero-order chi connectivity index (χ0) is 25.6. The number of thioether (sulfide) groups is 1. The molecule has 0 unspecified atom stereocenters. The Labute approximate surface area is 221 Å². The Morgan fingerprint density at radius 2 is 1.89 bits per heavy atom. The van der Waals surface area contributed by atoms with Crippen molar-refractivity contribution < 1.29 is 18.0 Å². The van der Waals surface area contributed by atoms with Crippen LogP contribution in [0.3, 0.4) is 0 Å². The Kier molecular flexibility index (Phi) is 6.80. The van der Waals surface area contributed by atoms with Crippen molar-refractivity contribution in [2.45, 2.75) is 30.6 Å². The number of thiophene rings is 1. The molecular weight excluding hydrogens is 554 g/mol. The van der Waals surface area contributed by atoms with Gasteiger partial charge in [-0.3, -0.25) is 14.2 Å². The number of benzene rings is 2. The molecule has 2 aromatic carbocycles. The van der Waals surface area contributed by atoms with E-state index in [1.165, 1.54) is 22.0 Å². The topological polar surface area (TPSA) is 64.0 Å². The van der Waals surface area contributed by atoms with Crippen LogP contribution in [0.25, 0.3) is 15.9 Å². The molecule has 0 fully saturated rings. The number of aryl methyl sites for hydroxylation is 2. The summed E-state index contributed by atoms with van der Waals surface area (Å²) < 4.78 is 40.9. The molecule has 1 amide bonds. The molecule has 1 aliphatic rings. The second-order valence-electron chi connectivity index (χ2n) is 8.08. The number of alkyl halides is 3. The van der Waals surface area contributed by atoms with E-state index in [1.807, 2.05) is 0 Å². The molecule has 36 heavy (non-hydrogen) atoms. The average molecular weight is 570 g/mol. The summed E-state index contributed by atoms with van der Waals surface area (Å²) in [5.41, 5.74) is 0.284. The monoisotopic (exact) mass is 569 g/mol. The number of aromatic nitrogens is 2. The molecule has 0 saturated heterocycles. The van der Waals surface area contributed by atoms with Gasteiger partial charge in [-0.1, -0.05) is 35.0 Å². The van der Waals surface area contributed by atoms with Gasteiger partial charge in [0.2, 0.25) is 5.91 Å². The first kappa shape index (κ1) is 25.1. The zero-order valence-electron chi connectivity index (χ0n) is 18.3. The number of nitrogens with zero attached hydrogens (tertiary/aromatic N) is 2. The lowest BCUT2D eigenvalue weighted by Crippen LogP contribution is -2.23. The maximum Gasteiger partial charge on any atom is 0.417 e. The summed E-state index contributed by atoms with van der Waals surface area (Å²) >= 11 is 14.2. The van der Waals surface area contributed by atoms with Gasteiger partial charge in [-0.15, -0.1) is 11.3 Å². The standard InChI is InChI=1S/C24H16Cl2F3N3O2S2/c25-12-4-7-14(8-5-12)32-22(34)20-15-2-1-3-18(15)36-21(20)31-23(32)35-11-19(33)30-13-6-9-17(26)16(10-13)24(27,28)29/h4-10H,1-3,11H2,(H,30,33). The minimum atomic E-state index is -4.65. The number of carbonyl (C=O) groups is 1. The summed E-state index contributed by atoms with van der Waals surface area (Å²) in [4.78, 5) is 32.7. The van der Waals surface area contributed by atoms with Gasteiger partial charge in [0.1, 0.15) is 4.83 Å². The zero-order valence-corrected chi connectivity index (χ0v) is 21.4. The molecule has 0 atom stereocenters. The summed E-state index contributed by atoms with van der Waals surface area (Å²) in [5, 5.41) is 3.40. The van der Waals surface area contributed by atoms with Gasteiger partial charge >= 0.3 is 6.18 Å². The Morgan fingerprint density at radius 1 is 1.14 bits per heavy atom. The van der Waals surface area contributed by atoms with Crippen LogP contribution in [0.1, 0.15) is 22.4 Å². The molecule has 0 spiro atoms. The Balaban J connectivity index is 1.46. The van der Waals surface area contributed by atoms with Crippen LogP contribution in [0.4, 0.5) is 18.9 Å². The molecule has 4 aromatic rings. The minimum absolute atomic E-state index is 0.0366. The molecule has 2 aromatic heterocycles. The van der Waals surface area contributed by atoms with E-state index in [0.717, 1.165) is 53.6 Å². The molecule has 186 valence electrons. The minimum Gasteiger partial charge on any atom is -0.325 e. The Bertz CT molecular complexity index is 1550. The van der Waals surface area contributed by atoms with Gasteiger partial charge in [-0.25, -0.2) is 4.98 Å². The summed E-state index contributed by atoms with van der Waals surface area (Å²) in [6.07, 6.45) is -1.93. The van der Waals surface area contributed by atoms with Crippen molar-refractivity contribution in [3.63, 3.8) is 0 Å². The lowest BCUT2D eigenvalue weighted by Gasteiger charge is -2.13. The smallest absolute Gasteiger partial charge is 0.325 e. The molecule has 0 saturated carbocycles. The fourth-order valence-corrected chi connectivity index (χ4v) is 6.55. The Hall–Kier alpha value is -2.53. The van der Waals surface area contributed by atoms with Gasteiger partial charge in [-0.2, -0.15) is 13.2 Å². The van der Waals surface area contributed by atoms with Crippen LogP contribution in [-0.2, 0) is 23.8 Å². The highest BCUT2D eigenvalue weighted by molar-refractivity contribution is 7.99. The van der Waals surface area contributed by atoms with Crippen LogP contribution < -0.4 is 10.9 Å². The largest absolute Gasteiger partial charge is 0.417 e. The van der Waals surface area contributed by atoms with Crippen LogP contribution in [-0.4, -0.2) is 21.2 Å².